The van der Waals surface area contributed by atoms with Crippen LogP contribution in [-0.4, -0.2) is 34.3 Å². The highest BCUT2D eigenvalue weighted by molar-refractivity contribution is 6.01. The van der Waals surface area contributed by atoms with Gasteiger partial charge in [-0.05, 0) is 30.7 Å². The molecule has 3 rings (SSSR count). The number of amidine groups is 1. The summed E-state index contributed by atoms with van der Waals surface area (Å²) in [7, 11) is 0. The normalized spacial score (nSPS) is 27.2. The minimum atomic E-state index is 0.0978. The third-order valence-corrected chi connectivity index (χ3v) is 4.68. The molecule has 1 saturated carbocycles. The molecule has 6 heteroatoms. The minimum Gasteiger partial charge on any atom is -0.409 e. The summed E-state index contributed by atoms with van der Waals surface area (Å²) in [6.07, 6.45) is 8.16. The van der Waals surface area contributed by atoms with E-state index < -0.39 is 0 Å². The maximum atomic E-state index is 8.89. The first kappa shape index (κ1) is 13.1. The van der Waals surface area contributed by atoms with Crippen LogP contribution in [0.3, 0.4) is 0 Å². The number of nitrogens with two attached hydrogens (primary N) is 1. The van der Waals surface area contributed by atoms with Gasteiger partial charge in [0.05, 0.1) is 11.8 Å². The van der Waals surface area contributed by atoms with Crippen LogP contribution in [0.1, 0.15) is 37.7 Å². The van der Waals surface area contributed by atoms with E-state index in [1.165, 1.54) is 32.1 Å². The maximum absolute atomic E-state index is 8.89. The van der Waals surface area contributed by atoms with Gasteiger partial charge in [-0.15, -0.1) is 5.10 Å². The zero-order valence-electron chi connectivity index (χ0n) is 11.6. The lowest BCUT2D eigenvalue weighted by atomic mass is 9.75. The summed E-state index contributed by atoms with van der Waals surface area (Å²) in [5.74, 6) is 2.45. The molecule has 0 bridgehead atoms. The van der Waals surface area contributed by atoms with E-state index in [-0.39, 0.29) is 5.84 Å². The molecule has 20 heavy (non-hydrogen) atoms. The molecule has 108 valence electrons. The first-order valence-corrected chi connectivity index (χ1v) is 7.34. The summed E-state index contributed by atoms with van der Waals surface area (Å²) in [5, 5.41) is 20.2. The zero-order chi connectivity index (χ0) is 13.9. The molecule has 1 aliphatic carbocycles. The van der Waals surface area contributed by atoms with Gasteiger partial charge >= 0.3 is 0 Å². The van der Waals surface area contributed by atoms with Crippen LogP contribution in [0, 0.1) is 11.8 Å². The highest BCUT2D eigenvalue weighted by Gasteiger charge is 2.32. The van der Waals surface area contributed by atoms with Gasteiger partial charge in [-0.3, -0.25) is 0 Å². The quantitative estimate of drug-likeness (QED) is 0.370. The van der Waals surface area contributed by atoms with Gasteiger partial charge < -0.3 is 15.8 Å². The fourth-order valence-corrected chi connectivity index (χ4v) is 3.60. The molecule has 3 N–H and O–H groups in total. The highest BCUT2D eigenvalue weighted by atomic mass is 16.4. The molecule has 1 aromatic rings. The summed E-state index contributed by atoms with van der Waals surface area (Å²) < 4.78 is 0. The van der Waals surface area contributed by atoms with Crippen LogP contribution >= 0.6 is 0 Å². The second-order valence-electron chi connectivity index (χ2n) is 5.79. The first-order valence-electron chi connectivity index (χ1n) is 7.34. The second-order valence-corrected chi connectivity index (χ2v) is 5.79. The van der Waals surface area contributed by atoms with Gasteiger partial charge in [-0.1, -0.05) is 24.4 Å². The summed E-state index contributed by atoms with van der Waals surface area (Å²) in [6, 6.07) is 1.75. The predicted octanol–water partition coefficient (Wildman–Crippen LogP) is 1.59. The zero-order valence-corrected chi connectivity index (χ0v) is 11.6. The van der Waals surface area contributed by atoms with Crippen molar-refractivity contribution in [2.24, 2.45) is 22.7 Å². The molecule has 0 spiro atoms. The molecule has 1 saturated heterocycles. The number of fused-ring (bicyclic) bond motifs is 1. The third-order valence-electron chi connectivity index (χ3n) is 4.68. The lowest BCUT2D eigenvalue weighted by Gasteiger charge is -2.42. The van der Waals surface area contributed by atoms with Gasteiger partial charge in [0.25, 0.3) is 0 Å². The molecular weight excluding hydrogens is 254 g/mol. The van der Waals surface area contributed by atoms with E-state index in [1.807, 2.05) is 0 Å². The van der Waals surface area contributed by atoms with Gasteiger partial charge in [0.15, 0.2) is 11.7 Å². The van der Waals surface area contributed by atoms with Crippen molar-refractivity contribution in [2.45, 2.75) is 32.1 Å². The molecule has 0 radical (unpaired) electrons. The van der Waals surface area contributed by atoms with E-state index in [2.05, 4.69) is 20.3 Å². The Hall–Kier alpha value is -1.85. The maximum Gasteiger partial charge on any atom is 0.173 e. The molecule has 2 heterocycles. The minimum absolute atomic E-state index is 0.0978. The number of nitrogens with zero attached hydrogens (tertiary/aromatic N) is 4. The van der Waals surface area contributed by atoms with E-state index in [4.69, 9.17) is 10.9 Å². The molecular formula is C14H21N5O. The summed E-state index contributed by atoms with van der Waals surface area (Å²) in [6.45, 7) is 1.99. The summed E-state index contributed by atoms with van der Waals surface area (Å²) >= 11 is 0. The van der Waals surface area contributed by atoms with Gasteiger partial charge in [0.1, 0.15) is 0 Å². The van der Waals surface area contributed by atoms with Crippen molar-refractivity contribution in [3.8, 4) is 0 Å². The Kier molecular flexibility index (Phi) is 3.71. The fourth-order valence-electron chi connectivity index (χ4n) is 3.60. The topological polar surface area (TPSA) is 87.6 Å². The van der Waals surface area contributed by atoms with Crippen LogP contribution in [0.2, 0.25) is 0 Å². The Morgan fingerprint density at radius 1 is 1.30 bits per heavy atom. The van der Waals surface area contributed by atoms with Crippen molar-refractivity contribution >= 4 is 11.7 Å². The Morgan fingerprint density at radius 2 is 2.10 bits per heavy atom. The molecule has 0 amide bonds. The standard InChI is InChI=1S/C14H21N5O/c15-13(18-20)12-5-7-16-17-14(12)19-8-6-10-3-1-2-4-11(10)9-19/h5,7,10-11,20H,1-4,6,8-9H2,(H2,15,18). The number of rotatable bonds is 2. The average molecular weight is 275 g/mol. The number of anilines is 1. The van der Waals surface area contributed by atoms with Crippen molar-refractivity contribution in [1.29, 1.82) is 0 Å². The Balaban J connectivity index is 1.83. The molecule has 6 nitrogen and oxygen atoms in total. The van der Waals surface area contributed by atoms with Crippen LogP contribution in [0.5, 0.6) is 0 Å². The van der Waals surface area contributed by atoms with E-state index >= 15 is 0 Å². The molecule has 1 aliphatic heterocycles. The van der Waals surface area contributed by atoms with E-state index in [0.717, 1.165) is 30.7 Å². The van der Waals surface area contributed by atoms with E-state index in [9.17, 15) is 0 Å². The predicted molar refractivity (Wildman–Crippen MR) is 76.8 cm³/mol. The monoisotopic (exact) mass is 275 g/mol. The molecule has 2 atom stereocenters. The number of hydrogen-bond acceptors (Lipinski definition) is 5. The van der Waals surface area contributed by atoms with Crippen molar-refractivity contribution in [2.75, 3.05) is 18.0 Å². The lowest BCUT2D eigenvalue weighted by molar-refractivity contribution is 0.202. The fraction of sp³-hybridized carbons (Fsp3) is 0.643. The second kappa shape index (κ2) is 5.64. The number of aromatic nitrogens is 2. The van der Waals surface area contributed by atoms with Crippen molar-refractivity contribution in [3.63, 3.8) is 0 Å². The Labute approximate surface area is 118 Å². The van der Waals surface area contributed by atoms with Crippen LogP contribution in [0.25, 0.3) is 0 Å². The van der Waals surface area contributed by atoms with Crippen LogP contribution in [0.4, 0.5) is 5.82 Å². The average Bonchev–Trinajstić information content (AvgIpc) is 2.53. The highest BCUT2D eigenvalue weighted by Crippen LogP contribution is 2.37. The van der Waals surface area contributed by atoms with Crippen molar-refractivity contribution in [3.05, 3.63) is 17.8 Å². The number of piperidine rings is 1. The molecule has 1 aromatic heterocycles. The molecule has 2 aliphatic rings. The SMILES string of the molecule is N/C(=N/O)c1ccnnc1N1CCC2CCCCC2C1. The van der Waals surface area contributed by atoms with E-state index in [1.54, 1.807) is 12.3 Å². The Bertz CT molecular complexity index is 504. The van der Waals surface area contributed by atoms with Gasteiger partial charge in [-0.25, -0.2) is 0 Å². The molecule has 0 aromatic carbocycles. The number of oxime groups is 1. The first-order chi connectivity index (χ1) is 9.79. The van der Waals surface area contributed by atoms with Gasteiger partial charge in [-0.2, -0.15) is 5.10 Å². The molecule has 2 unspecified atom stereocenters. The third kappa shape index (κ3) is 2.42. The number of hydrogen-bond donors (Lipinski definition) is 2. The van der Waals surface area contributed by atoms with Crippen LogP contribution in [-0.2, 0) is 0 Å². The van der Waals surface area contributed by atoms with Gasteiger partial charge in [0.2, 0.25) is 0 Å². The molecule has 2 fully saturated rings. The Morgan fingerprint density at radius 3 is 2.90 bits per heavy atom. The van der Waals surface area contributed by atoms with Crippen LogP contribution < -0.4 is 10.6 Å². The van der Waals surface area contributed by atoms with Crippen molar-refractivity contribution < 1.29 is 5.21 Å². The van der Waals surface area contributed by atoms with Gasteiger partial charge in [0, 0.05) is 13.1 Å². The lowest BCUT2D eigenvalue weighted by Crippen LogP contribution is -2.43. The van der Waals surface area contributed by atoms with Crippen molar-refractivity contribution in [1.82, 2.24) is 10.2 Å². The van der Waals surface area contributed by atoms with Crippen LogP contribution in [0.15, 0.2) is 17.4 Å². The smallest absolute Gasteiger partial charge is 0.173 e. The summed E-state index contributed by atoms with van der Waals surface area (Å²) in [4.78, 5) is 2.24. The summed E-state index contributed by atoms with van der Waals surface area (Å²) in [5.41, 5.74) is 6.40. The largest absolute Gasteiger partial charge is 0.409 e. The van der Waals surface area contributed by atoms with E-state index in [0.29, 0.717) is 5.56 Å².